The fourth-order valence-electron chi connectivity index (χ4n) is 3.34. The second-order valence-electron chi connectivity index (χ2n) is 6.97. The lowest BCUT2D eigenvalue weighted by atomic mass is 9.95. The number of aromatic nitrogens is 1. The first-order chi connectivity index (χ1) is 14.4. The van der Waals surface area contributed by atoms with Gasteiger partial charge >= 0.3 is 5.97 Å². The normalized spacial score (nSPS) is 11.9. The highest BCUT2D eigenvalue weighted by Crippen LogP contribution is 2.28. The second-order valence-corrected chi connectivity index (χ2v) is 7.41. The largest absolute Gasteiger partial charge is 0.478 e. The van der Waals surface area contributed by atoms with Gasteiger partial charge in [0.1, 0.15) is 6.10 Å². The number of hydrogen-bond acceptors (Lipinski definition) is 3. The number of carbonyl (C=O) groups is 1. The summed E-state index contributed by atoms with van der Waals surface area (Å²) in [5, 5.41) is 21.6. The zero-order valence-electron chi connectivity index (χ0n) is 15.9. The Labute approximate surface area is 178 Å². The molecule has 2 N–H and O–H groups in total. The maximum Gasteiger partial charge on any atom is 0.335 e. The minimum absolute atomic E-state index is 0.131. The molecule has 3 aromatic carbocycles. The molecular formula is C25H18ClNO3. The third kappa shape index (κ3) is 3.96. The molecule has 0 fully saturated rings. The van der Waals surface area contributed by atoms with Gasteiger partial charge in [0.15, 0.2) is 0 Å². The molecular weight excluding hydrogens is 398 g/mol. The molecule has 30 heavy (non-hydrogen) atoms. The van der Waals surface area contributed by atoms with Crippen LogP contribution in [0.2, 0.25) is 5.02 Å². The molecule has 0 bridgehead atoms. The monoisotopic (exact) mass is 415 g/mol. The number of aromatic carboxylic acids is 1. The molecule has 0 aliphatic rings. The molecule has 4 aromatic rings. The van der Waals surface area contributed by atoms with Crippen LogP contribution in [0.3, 0.4) is 0 Å². The third-order valence-corrected chi connectivity index (χ3v) is 5.20. The number of fused-ring (bicyclic) bond motifs is 1. The molecule has 0 aliphatic carbocycles. The lowest BCUT2D eigenvalue weighted by Gasteiger charge is -2.14. The molecule has 5 heteroatoms. The van der Waals surface area contributed by atoms with E-state index in [4.69, 9.17) is 11.6 Å². The zero-order chi connectivity index (χ0) is 21.3. The molecule has 1 aromatic heterocycles. The van der Waals surface area contributed by atoms with Gasteiger partial charge in [0.25, 0.3) is 0 Å². The number of carboxylic acid groups (broad SMARTS) is 1. The van der Waals surface area contributed by atoms with Crippen LogP contribution in [0.5, 0.6) is 0 Å². The molecule has 4 nitrogen and oxygen atoms in total. The molecule has 0 saturated heterocycles. The van der Waals surface area contributed by atoms with E-state index in [9.17, 15) is 15.0 Å². The maximum absolute atomic E-state index is 11.2. The van der Waals surface area contributed by atoms with Crippen molar-refractivity contribution in [2.45, 2.75) is 6.10 Å². The number of aliphatic hydroxyl groups excluding tert-OH is 1. The topological polar surface area (TPSA) is 70.4 Å². The van der Waals surface area contributed by atoms with Crippen LogP contribution in [0.25, 0.3) is 16.5 Å². The van der Waals surface area contributed by atoms with Crippen LogP contribution in [0.4, 0.5) is 0 Å². The SMILES string of the molecule is C=C(c1cccc(C(O)c2cccc(C(=O)O)c2)c1)c1ccc2ccc(Cl)cc2n1. The van der Waals surface area contributed by atoms with Gasteiger partial charge in [-0.3, -0.25) is 0 Å². The van der Waals surface area contributed by atoms with Crippen molar-refractivity contribution in [3.63, 3.8) is 0 Å². The molecule has 1 unspecified atom stereocenters. The van der Waals surface area contributed by atoms with Gasteiger partial charge in [-0.25, -0.2) is 9.78 Å². The maximum atomic E-state index is 11.2. The lowest BCUT2D eigenvalue weighted by molar-refractivity contribution is 0.0696. The quantitative estimate of drug-likeness (QED) is 0.436. The number of rotatable bonds is 5. The van der Waals surface area contributed by atoms with E-state index in [0.29, 0.717) is 27.4 Å². The summed E-state index contributed by atoms with van der Waals surface area (Å²) in [6.07, 6.45) is -0.958. The third-order valence-electron chi connectivity index (χ3n) is 4.96. The number of aliphatic hydroxyl groups is 1. The van der Waals surface area contributed by atoms with E-state index >= 15 is 0 Å². The van der Waals surface area contributed by atoms with Crippen LogP contribution in [0.15, 0.2) is 85.4 Å². The Morgan fingerprint density at radius 1 is 0.900 bits per heavy atom. The van der Waals surface area contributed by atoms with Gasteiger partial charge in [-0.2, -0.15) is 0 Å². The summed E-state index contributed by atoms with van der Waals surface area (Å²) >= 11 is 6.09. The van der Waals surface area contributed by atoms with Crippen molar-refractivity contribution in [1.82, 2.24) is 4.98 Å². The molecule has 1 heterocycles. The van der Waals surface area contributed by atoms with E-state index in [1.165, 1.54) is 12.1 Å². The summed E-state index contributed by atoms with van der Waals surface area (Å²) in [6.45, 7) is 4.18. The highest BCUT2D eigenvalue weighted by molar-refractivity contribution is 6.31. The van der Waals surface area contributed by atoms with Crippen molar-refractivity contribution in [3.05, 3.63) is 118 Å². The van der Waals surface area contributed by atoms with Crippen molar-refractivity contribution in [1.29, 1.82) is 0 Å². The van der Waals surface area contributed by atoms with E-state index < -0.39 is 12.1 Å². The number of hydrogen-bond donors (Lipinski definition) is 2. The Kier molecular flexibility index (Phi) is 5.36. The lowest BCUT2D eigenvalue weighted by Crippen LogP contribution is -2.03. The van der Waals surface area contributed by atoms with Gasteiger partial charge in [-0.15, -0.1) is 0 Å². The van der Waals surface area contributed by atoms with Gasteiger partial charge in [-0.1, -0.05) is 60.6 Å². The van der Waals surface area contributed by atoms with Gasteiger partial charge < -0.3 is 10.2 Å². The van der Waals surface area contributed by atoms with E-state index in [1.807, 2.05) is 48.5 Å². The van der Waals surface area contributed by atoms with Gasteiger partial charge in [0.05, 0.1) is 16.8 Å². The molecule has 0 spiro atoms. The Bertz CT molecular complexity index is 1280. The van der Waals surface area contributed by atoms with Gasteiger partial charge in [0, 0.05) is 16.0 Å². The van der Waals surface area contributed by atoms with E-state index in [0.717, 1.165) is 16.5 Å². The molecule has 0 radical (unpaired) electrons. The Morgan fingerprint density at radius 3 is 2.23 bits per heavy atom. The average Bonchev–Trinajstić information content (AvgIpc) is 2.77. The minimum Gasteiger partial charge on any atom is -0.478 e. The number of benzene rings is 3. The highest BCUT2D eigenvalue weighted by Gasteiger charge is 2.14. The van der Waals surface area contributed by atoms with Crippen LogP contribution >= 0.6 is 11.6 Å². The minimum atomic E-state index is -1.03. The van der Waals surface area contributed by atoms with Crippen molar-refractivity contribution in [2.24, 2.45) is 0 Å². The number of pyridine rings is 1. The molecule has 148 valence electrons. The first-order valence-electron chi connectivity index (χ1n) is 9.29. The number of nitrogens with zero attached hydrogens (tertiary/aromatic N) is 1. The highest BCUT2D eigenvalue weighted by atomic mass is 35.5. The number of carboxylic acids is 1. The van der Waals surface area contributed by atoms with Crippen molar-refractivity contribution < 1.29 is 15.0 Å². The summed E-state index contributed by atoms with van der Waals surface area (Å²) in [4.78, 5) is 15.9. The Balaban J connectivity index is 1.67. The van der Waals surface area contributed by atoms with Crippen LogP contribution in [0, 0.1) is 0 Å². The summed E-state index contributed by atoms with van der Waals surface area (Å²) in [7, 11) is 0. The molecule has 0 saturated carbocycles. The van der Waals surface area contributed by atoms with Crippen molar-refractivity contribution in [3.8, 4) is 0 Å². The van der Waals surface area contributed by atoms with Crippen LogP contribution < -0.4 is 0 Å². The molecule has 1 atom stereocenters. The summed E-state index contributed by atoms with van der Waals surface area (Å²) in [6, 6.07) is 23.1. The fourth-order valence-corrected chi connectivity index (χ4v) is 3.50. The Hall–Kier alpha value is -3.47. The van der Waals surface area contributed by atoms with Crippen LogP contribution in [0.1, 0.15) is 38.8 Å². The zero-order valence-corrected chi connectivity index (χ0v) is 16.7. The van der Waals surface area contributed by atoms with E-state index in [2.05, 4.69) is 11.6 Å². The van der Waals surface area contributed by atoms with E-state index in [-0.39, 0.29) is 5.56 Å². The standard InChI is InChI=1S/C25H18ClNO3/c1-15(22-11-9-16-8-10-21(26)14-23(16)27-22)17-4-2-5-18(12-17)24(28)19-6-3-7-20(13-19)25(29)30/h2-14,24,28H,1H2,(H,29,30). The van der Waals surface area contributed by atoms with E-state index in [1.54, 1.807) is 18.2 Å². The first kappa shape index (κ1) is 19.8. The summed E-state index contributed by atoms with van der Waals surface area (Å²) in [5.74, 6) is -1.03. The predicted molar refractivity (Wildman–Crippen MR) is 119 cm³/mol. The summed E-state index contributed by atoms with van der Waals surface area (Å²) < 4.78 is 0. The molecule has 0 aliphatic heterocycles. The molecule has 4 rings (SSSR count). The fraction of sp³-hybridized carbons (Fsp3) is 0.0400. The van der Waals surface area contributed by atoms with Crippen molar-refractivity contribution in [2.75, 3.05) is 0 Å². The van der Waals surface area contributed by atoms with Gasteiger partial charge in [0.2, 0.25) is 0 Å². The smallest absolute Gasteiger partial charge is 0.335 e. The van der Waals surface area contributed by atoms with Crippen molar-refractivity contribution >= 4 is 34.0 Å². The van der Waals surface area contributed by atoms with Gasteiger partial charge in [-0.05, 0) is 53.1 Å². The molecule has 0 amide bonds. The average molecular weight is 416 g/mol. The van der Waals surface area contributed by atoms with Crippen LogP contribution in [-0.2, 0) is 0 Å². The van der Waals surface area contributed by atoms with Crippen LogP contribution in [-0.4, -0.2) is 21.2 Å². The predicted octanol–water partition coefficient (Wildman–Crippen LogP) is 5.73. The summed E-state index contributed by atoms with van der Waals surface area (Å²) in [5.41, 5.74) is 4.30. The second kappa shape index (κ2) is 8.11. The number of halogens is 1. The Morgan fingerprint density at radius 2 is 1.53 bits per heavy atom. The first-order valence-corrected chi connectivity index (χ1v) is 9.67.